The van der Waals surface area contributed by atoms with E-state index in [0.29, 0.717) is 6.42 Å². The third-order valence-corrected chi connectivity index (χ3v) is 3.64. The van der Waals surface area contributed by atoms with Crippen molar-refractivity contribution in [3.8, 4) is 107 Å². The molecule has 0 aromatic carbocycles. The molecule has 0 aromatic rings. The Balaban J connectivity index is 4.59. The number of rotatable bonds is 6. The van der Waals surface area contributed by atoms with Crippen LogP contribution in [0, 0.1) is 107 Å². The van der Waals surface area contributed by atoms with Crippen LogP contribution < -0.4 is 5.32 Å². The van der Waals surface area contributed by atoms with Gasteiger partial charge in [-0.3, -0.25) is 14.2 Å². The minimum absolute atomic E-state index is 0.0503. The van der Waals surface area contributed by atoms with E-state index >= 15 is 0 Å². The van der Waals surface area contributed by atoms with Gasteiger partial charge in [0.05, 0.1) is 12.2 Å². The predicted molar refractivity (Wildman–Crippen MR) is 139 cm³/mol. The molecule has 7 heteroatoms. The van der Waals surface area contributed by atoms with Gasteiger partial charge in [0.1, 0.15) is 6.11 Å². The first-order chi connectivity index (χ1) is 17.9. The molecule has 0 fully saturated rings. The van der Waals surface area contributed by atoms with Gasteiger partial charge in [0.25, 0.3) is 0 Å². The van der Waals surface area contributed by atoms with Crippen molar-refractivity contribution in [2.75, 3.05) is 13.2 Å². The highest BCUT2D eigenvalue weighted by Crippen LogP contribution is 2.42. The average Bonchev–Trinajstić information content (AvgIpc) is 2.86. The smallest absolute Gasteiger partial charge is 0.354 e. The van der Waals surface area contributed by atoms with Crippen LogP contribution in [0.3, 0.4) is 0 Å². The van der Waals surface area contributed by atoms with Gasteiger partial charge in [0.15, 0.2) is 0 Å². The first kappa shape index (κ1) is 31.3. The van der Waals surface area contributed by atoms with E-state index in [1.54, 1.807) is 0 Å². The van der Waals surface area contributed by atoms with E-state index < -0.39 is 7.82 Å². The van der Waals surface area contributed by atoms with Crippen LogP contribution in [0.1, 0.15) is 20.3 Å². The molecule has 0 heterocycles. The number of hydrogen-bond donors (Lipinski definition) is 2. The summed E-state index contributed by atoms with van der Waals surface area (Å²) in [4.78, 5) is 20.0. The number of hydrogen-bond acceptors (Lipinski definition) is 4. The van der Waals surface area contributed by atoms with Crippen molar-refractivity contribution >= 4 is 13.7 Å². The summed E-state index contributed by atoms with van der Waals surface area (Å²) < 4.78 is 20.4. The predicted octanol–water partition coefficient (Wildman–Crippen LogP) is 1.83. The Morgan fingerprint density at radius 2 is 1.32 bits per heavy atom. The van der Waals surface area contributed by atoms with Crippen molar-refractivity contribution < 1.29 is 23.3 Å². The molecule has 0 aliphatic heterocycles. The number of allylic oxidation sites excluding steroid dienone is 1. The topological polar surface area (TPSA) is 84.9 Å². The summed E-state index contributed by atoms with van der Waals surface area (Å²) in [5, 5.41) is 2.38. The normalized spacial score (nSPS) is 8.08. The Morgan fingerprint density at radius 1 is 0.838 bits per heavy atom. The third kappa shape index (κ3) is 23.3. The molecule has 6 nitrogen and oxygen atoms in total. The minimum atomic E-state index is -4.36. The van der Waals surface area contributed by atoms with Crippen molar-refractivity contribution in [3.05, 3.63) is 35.1 Å². The average molecular weight is 501 g/mol. The van der Waals surface area contributed by atoms with Crippen LogP contribution in [0.5, 0.6) is 0 Å². The van der Waals surface area contributed by atoms with E-state index in [0.717, 1.165) is 5.57 Å². The van der Waals surface area contributed by atoms with E-state index in [-0.39, 0.29) is 19.1 Å². The number of carbonyl (C=O) groups is 1. The monoisotopic (exact) mass is 501 g/mol. The van der Waals surface area contributed by atoms with Gasteiger partial charge in [-0.25, -0.2) is 4.57 Å². The first-order valence-electron chi connectivity index (χ1n) is 9.96. The summed E-state index contributed by atoms with van der Waals surface area (Å²) in [5.74, 6) is 41.6. The summed E-state index contributed by atoms with van der Waals surface area (Å²) in [7, 11) is -4.36. The standard InChI is InChI=1S/C30H16NO5P/c1-4-6-21-24-30(5-2)25-22-19-17-15-13-11-9-7-8-10-12-14-16-18-20-23-27-35-37(33,34)36-28-26-31-29(3)32/h1,5,26,28H2,2-3H3,(H,31,32)(H,33,34). The van der Waals surface area contributed by atoms with E-state index in [1.165, 1.54) is 6.92 Å². The fourth-order valence-corrected chi connectivity index (χ4v) is 1.96. The van der Waals surface area contributed by atoms with E-state index in [2.05, 4.69) is 145 Å². The largest absolute Gasteiger partial charge is 0.536 e. The molecular weight excluding hydrogens is 485 g/mol. The second-order valence-electron chi connectivity index (χ2n) is 5.49. The Labute approximate surface area is 217 Å². The first-order valence-corrected chi connectivity index (χ1v) is 11.5. The molecule has 1 unspecified atom stereocenters. The van der Waals surface area contributed by atoms with Crippen LogP contribution in [-0.2, 0) is 18.4 Å². The number of phosphoric acid groups is 1. The van der Waals surface area contributed by atoms with E-state index in [4.69, 9.17) is 0 Å². The zero-order valence-corrected chi connectivity index (χ0v) is 20.8. The molecule has 176 valence electrons. The lowest BCUT2D eigenvalue weighted by molar-refractivity contribution is -0.119. The van der Waals surface area contributed by atoms with Gasteiger partial charge in [-0.05, 0) is 83.5 Å². The Hall–Kier alpha value is -5.68. The minimum Gasteiger partial charge on any atom is -0.354 e. The highest BCUT2D eigenvalue weighted by atomic mass is 31.2. The van der Waals surface area contributed by atoms with Crippen molar-refractivity contribution in [1.29, 1.82) is 0 Å². The Bertz CT molecular complexity index is 1670. The highest BCUT2D eigenvalue weighted by Gasteiger charge is 2.20. The molecule has 2 N–H and O–H groups in total. The quantitative estimate of drug-likeness (QED) is 0.251. The molecule has 0 rings (SSSR count). The summed E-state index contributed by atoms with van der Waals surface area (Å²) in [6.45, 7) is 6.42. The van der Waals surface area contributed by atoms with Crippen LogP contribution in [0.15, 0.2) is 35.1 Å². The number of amides is 1. The lowest BCUT2D eigenvalue weighted by atomic mass is 10.2. The van der Waals surface area contributed by atoms with Crippen LogP contribution >= 0.6 is 7.82 Å². The fourth-order valence-electron chi connectivity index (χ4n) is 1.42. The van der Waals surface area contributed by atoms with Crippen molar-refractivity contribution in [2.45, 2.75) is 20.3 Å². The maximum atomic E-state index is 11.4. The zero-order valence-electron chi connectivity index (χ0n) is 19.9. The van der Waals surface area contributed by atoms with Crippen molar-refractivity contribution in [2.24, 2.45) is 0 Å². The number of phosphoric ester groups is 1. The lowest BCUT2D eigenvalue weighted by Gasteiger charge is -2.07. The van der Waals surface area contributed by atoms with E-state index in [9.17, 15) is 14.3 Å². The number of carbonyl (C=O) groups excluding carboxylic acids is 1. The fraction of sp³-hybridized carbons (Fsp3) is 0.167. The lowest BCUT2D eigenvalue weighted by Crippen LogP contribution is -2.24. The zero-order chi connectivity index (χ0) is 27.5. The molecular formula is C30H16NO5P. The second-order valence-corrected chi connectivity index (χ2v) is 6.86. The maximum Gasteiger partial charge on any atom is 0.536 e. The van der Waals surface area contributed by atoms with Gasteiger partial charge < -0.3 is 9.84 Å². The third-order valence-electron chi connectivity index (χ3n) is 2.81. The number of nitrogens with one attached hydrogen (secondary N) is 1. The summed E-state index contributed by atoms with van der Waals surface area (Å²) in [6, 6.07) is 0. The summed E-state index contributed by atoms with van der Waals surface area (Å²) >= 11 is 0. The highest BCUT2D eigenvalue weighted by molar-refractivity contribution is 7.47. The second kappa shape index (κ2) is 22.1. The molecule has 0 saturated carbocycles. The molecule has 0 saturated heterocycles. The molecule has 1 amide bonds. The van der Waals surface area contributed by atoms with Crippen molar-refractivity contribution in [1.82, 2.24) is 5.32 Å². The van der Waals surface area contributed by atoms with Gasteiger partial charge in [-0.15, -0.1) is 0 Å². The molecule has 0 bridgehead atoms. The van der Waals surface area contributed by atoms with Gasteiger partial charge in [0, 0.05) is 60.8 Å². The molecule has 37 heavy (non-hydrogen) atoms. The summed E-state index contributed by atoms with van der Waals surface area (Å²) in [5.41, 5.74) is 11.1. The Morgan fingerprint density at radius 3 is 1.78 bits per heavy atom. The SMILES string of the molecule is C=C=C=C=C=C(C#CC#CC#CC#CC#CC#CC#CC#CC#COP(=O)(O)OCCNC(C)=O)CC. The molecule has 0 aromatic heterocycles. The van der Waals surface area contributed by atoms with Crippen LogP contribution in [0.25, 0.3) is 0 Å². The van der Waals surface area contributed by atoms with Gasteiger partial charge in [-0.1, -0.05) is 12.7 Å². The Kier molecular flexibility index (Phi) is 18.7. The van der Waals surface area contributed by atoms with Crippen LogP contribution in [0.2, 0.25) is 0 Å². The summed E-state index contributed by atoms with van der Waals surface area (Å²) in [6.07, 6.45) is 2.59. The molecule has 0 aliphatic rings. The van der Waals surface area contributed by atoms with Crippen LogP contribution in [-0.4, -0.2) is 24.0 Å². The van der Waals surface area contributed by atoms with Crippen molar-refractivity contribution in [3.63, 3.8) is 0 Å². The van der Waals surface area contributed by atoms with Gasteiger partial charge in [-0.2, -0.15) is 0 Å². The molecule has 1 atom stereocenters. The van der Waals surface area contributed by atoms with Gasteiger partial charge >= 0.3 is 7.82 Å². The van der Waals surface area contributed by atoms with Crippen LogP contribution in [0.4, 0.5) is 0 Å². The molecule has 0 radical (unpaired) electrons. The van der Waals surface area contributed by atoms with Gasteiger partial charge in [0.2, 0.25) is 5.91 Å². The van der Waals surface area contributed by atoms with E-state index in [1.807, 2.05) is 13.0 Å². The molecule has 0 aliphatic carbocycles. The maximum absolute atomic E-state index is 11.4. The molecule has 0 spiro atoms.